The number of methoxy groups -OCH3 is 3. The third kappa shape index (κ3) is 2.77. The van der Waals surface area contributed by atoms with Gasteiger partial charge in [0.1, 0.15) is 0 Å². The fourth-order valence-electron chi connectivity index (χ4n) is 1.97. The van der Waals surface area contributed by atoms with E-state index in [0.29, 0.717) is 17.2 Å². The average molecular weight is 358 g/mol. The number of ether oxygens (including phenoxy) is 3. The van der Waals surface area contributed by atoms with Crippen LogP contribution in [-0.2, 0) is 0 Å². The van der Waals surface area contributed by atoms with Gasteiger partial charge in [-0.05, 0) is 44.6 Å². The van der Waals surface area contributed by atoms with Crippen LogP contribution in [0, 0.1) is 0 Å². The lowest BCUT2D eigenvalue weighted by atomic mass is 10.0. The summed E-state index contributed by atoms with van der Waals surface area (Å²) in [5, 5.41) is 4.03. The van der Waals surface area contributed by atoms with Gasteiger partial charge >= 0.3 is 0 Å². The summed E-state index contributed by atoms with van der Waals surface area (Å²) >= 11 is 5.11. The maximum atomic E-state index is 6.33. The summed E-state index contributed by atoms with van der Waals surface area (Å²) in [6, 6.07) is 3.48. The van der Waals surface area contributed by atoms with E-state index in [1.54, 1.807) is 32.7 Å². The van der Waals surface area contributed by atoms with Crippen LogP contribution in [0.2, 0.25) is 0 Å². The zero-order chi connectivity index (χ0) is 14.7. The van der Waals surface area contributed by atoms with Gasteiger partial charge in [-0.3, -0.25) is 0 Å². The monoisotopic (exact) mass is 357 g/mol. The molecule has 6 heteroatoms. The average Bonchev–Trinajstić information content (AvgIpc) is 2.90. The highest BCUT2D eigenvalue weighted by Gasteiger charge is 2.19. The van der Waals surface area contributed by atoms with Crippen molar-refractivity contribution >= 4 is 27.3 Å². The normalized spacial score (nSPS) is 12.1. The van der Waals surface area contributed by atoms with Crippen molar-refractivity contribution in [3.63, 3.8) is 0 Å². The van der Waals surface area contributed by atoms with Crippen LogP contribution in [0.1, 0.15) is 17.2 Å². The molecular formula is C14H16BrNO3S. The van der Waals surface area contributed by atoms with Crippen LogP contribution in [0.25, 0.3) is 0 Å². The van der Waals surface area contributed by atoms with E-state index in [0.717, 1.165) is 15.6 Å². The Kier molecular flexibility index (Phi) is 4.91. The van der Waals surface area contributed by atoms with E-state index in [4.69, 9.17) is 19.9 Å². The summed E-state index contributed by atoms with van der Waals surface area (Å²) in [4.78, 5) is 0. The first kappa shape index (κ1) is 15.2. The molecule has 0 saturated heterocycles. The lowest BCUT2D eigenvalue weighted by Crippen LogP contribution is -2.12. The van der Waals surface area contributed by atoms with Gasteiger partial charge in [0.05, 0.1) is 27.4 Å². The molecule has 0 aliphatic rings. The Balaban J connectivity index is 2.49. The van der Waals surface area contributed by atoms with Crippen molar-refractivity contribution in [1.29, 1.82) is 0 Å². The van der Waals surface area contributed by atoms with Crippen molar-refractivity contribution < 1.29 is 14.2 Å². The van der Waals surface area contributed by atoms with Crippen LogP contribution in [0.15, 0.2) is 27.4 Å². The second-order valence-electron chi connectivity index (χ2n) is 4.11. The van der Waals surface area contributed by atoms with E-state index < -0.39 is 0 Å². The number of hydrogen-bond donors (Lipinski definition) is 1. The van der Waals surface area contributed by atoms with Gasteiger partial charge in [-0.1, -0.05) is 0 Å². The molecule has 0 spiro atoms. The molecule has 1 aromatic carbocycles. The van der Waals surface area contributed by atoms with Crippen molar-refractivity contribution in [2.24, 2.45) is 5.73 Å². The van der Waals surface area contributed by atoms with Gasteiger partial charge in [-0.2, -0.15) is 11.3 Å². The van der Waals surface area contributed by atoms with Gasteiger partial charge in [0.2, 0.25) is 5.75 Å². The number of rotatable bonds is 5. The highest BCUT2D eigenvalue weighted by molar-refractivity contribution is 9.10. The van der Waals surface area contributed by atoms with Gasteiger partial charge in [0.25, 0.3) is 0 Å². The summed E-state index contributed by atoms with van der Waals surface area (Å²) in [6.07, 6.45) is 0. The molecule has 0 radical (unpaired) electrons. The SMILES string of the molecule is COc1cc(C(N)c2cscc2Br)cc(OC)c1OC. The molecule has 1 atom stereocenters. The number of hydrogen-bond acceptors (Lipinski definition) is 5. The van der Waals surface area contributed by atoms with Crippen LogP contribution in [-0.4, -0.2) is 21.3 Å². The molecule has 0 aliphatic carbocycles. The largest absolute Gasteiger partial charge is 0.493 e. The zero-order valence-corrected chi connectivity index (χ0v) is 13.9. The van der Waals surface area contributed by atoms with Gasteiger partial charge in [-0.15, -0.1) is 0 Å². The van der Waals surface area contributed by atoms with E-state index in [1.807, 2.05) is 22.9 Å². The van der Waals surface area contributed by atoms with E-state index in [9.17, 15) is 0 Å². The van der Waals surface area contributed by atoms with Gasteiger partial charge in [0, 0.05) is 9.85 Å². The molecule has 2 rings (SSSR count). The molecule has 0 saturated carbocycles. The molecule has 4 nitrogen and oxygen atoms in total. The minimum absolute atomic E-state index is 0.260. The lowest BCUT2D eigenvalue weighted by molar-refractivity contribution is 0.323. The topological polar surface area (TPSA) is 53.7 Å². The maximum absolute atomic E-state index is 6.33. The summed E-state index contributed by atoms with van der Waals surface area (Å²) in [6.45, 7) is 0. The number of halogens is 1. The summed E-state index contributed by atoms with van der Waals surface area (Å²) in [7, 11) is 4.76. The summed E-state index contributed by atoms with van der Waals surface area (Å²) in [5.41, 5.74) is 8.26. The maximum Gasteiger partial charge on any atom is 0.203 e. The van der Waals surface area contributed by atoms with Crippen LogP contribution < -0.4 is 19.9 Å². The first-order valence-electron chi connectivity index (χ1n) is 5.89. The molecule has 2 N–H and O–H groups in total. The van der Waals surface area contributed by atoms with Crippen LogP contribution in [0.3, 0.4) is 0 Å². The third-order valence-corrected chi connectivity index (χ3v) is 4.78. The molecule has 1 unspecified atom stereocenters. The van der Waals surface area contributed by atoms with Crippen molar-refractivity contribution in [3.8, 4) is 17.2 Å². The molecule has 0 aliphatic heterocycles. The predicted molar refractivity (Wildman–Crippen MR) is 84.1 cm³/mol. The van der Waals surface area contributed by atoms with Gasteiger partial charge < -0.3 is 19.9 Å². The van der Waals surface area contributed by atoms with E-state index in [-0.39, 0.29) is 6.04 Å². The smallest absolute Gasteiger partial charge is 0.203 e. The molecule has 1 aromatic heterocycles. The Morgan fingerprint density at radius 3 is 2.05 bits per heavy atom. The Bertz CT molecular complexity index is 575. The Morgan fingerprint density at radius 2 is 1.65 bits per heavy atom. The zero-order valence-electron chi connectivity index (χ0n) is 11.5. The molecule has 2 aromatic rings. The van der Waals surface area contributed by atoms with Crippen LogP contribution in [0.5, 0.6) is 17.2 Å². The third-order valence-electron chi connectivity index (χ3n) is 3.02. The van der Waals surface area contributed by atoms with E-state index in [2.05, 4.69) is 15.9 Å². The molecule has 0 amide bonds. The lowest BCUT2D eigenvalue weighted by Gasteiger charge is -2.17. The van der Waals surface area contributed by atoms with Crippen molar-refractivity contribution in [1.82, 2.24) is 0 Å². The first-order valence-corrected chi connectivity index (χ1v) is 7.63. The van der Waals surface area contributed by atoms with Gasteiger partial charge in [-0.25, -0.2) is 0 Å². The molecule has 108 valence electrons. The Labute approximate surface area is 130 Å². The quantitative estimate of drug-likeness (QED) is 0.888. The highest BCUT2D eigenvalue weighted by Crippen LogP contribution is 2.41. The predicted octanol–water partition coefficient (Wildman–Crippen LogP) is 3.58. The standard InChI is InChI=1S/C14H16BrNO3S/c1-17-11-4-8(5-12(18-2)14(11)19-3)13(16)9-6-20-7-10(9)15/h4-7,13H,16H2,1-3H3. The summed E-state index contributed by atoms with van der Waals surface area (Å²) < 4.78 is 17.0. The Morgan fingerprint density at radius 1 is 1.05 bits per heavy atom. The number of benzene rings is 1. The van der Waals surface area contributed by atoms with Crippen LogP contribution >= 0.6 is 27.3 Å². The Hall–Kier alpha value is -1.24. The van der Waals surface area contributed by atoms with Crippen molar-refractivity contribution in [3.05, 3.63) is 38.5 Å². The molecule has 0 fully saturated rings. The second kappa shape index (κ2) is 6.47. The minimum Gasteiger partial charge on any atom is -0.493 e. The van der Waals surface area contributed by atoms with Crippen molar-refractivity contribution in [2.45, 2.75) is 6.04 Å². The van der Waals surface area contributed by atoms with E-state index in [1.165, 1.54) is 0 Å². The molecule has 1 heterocycles. The molecule has 0 bridgehead atoms. The number of nitrogens with two attached hydrogens (primary N) is 1. The second-order valence-corrected chi connectivity index (χ2v) is 5.71. The fourth-order valence-corrected chi connectivity index (χ4v) is 3.55. The molecule has 20 heavy (non-hydrogen) atoms. The van der Waals surface area contributed by atoms with E-state index >= 15 is 0 Å². The van der Waals surface area contributed by atoms with Crippen molar-refractivity contribution in [2.75, 3.05) is 21.3 Å². The summed E-state index contributed by atoms with van der Waals surface area (Å²) in [5.74, 6) is 1.77. The minimum atomic E-state index is -0.260. The number of thiophene rings is 1. The molecular weight excluding hydrogens is 342 g/mol. The van der Waals surface area contributed by atoms with Gasteiger partial charge in [0.15, 0.2) is 11.5 Å². The first-order chi connectivity index (χ1) is 9.62. The van der Waals surface area contributed by atoms with Crippen LogP contribution in [0.4, 0.5) is 0 Å². The fraction of sp³-hybridized carbons (Fsp3) is 0.286. The highest BCUT2D eigenvalue weighted by atomic mass is 79.9.